The zero-order chi connectivity index (χ0) is 13.9. The van der Waals surface area contributed by atoms with Crippen molar-refractivity contribution in [1.82, 2.24) is 4.90 Å². The first kappa shape index (κ1) is 14.8. The minimum Gasteiger partial charge on any atom is -0.391 e. The Labute approximate surface area is 135 Å². The van der Waals surface area contributed by atoms with Crippen LogP contribution in [0.3, 0.4) is 0 Å². The van der Waals surface area contributed by atoms with Crippen LogP contribution in [0.5, 0.6) is 0 Å². The molecule has 1 aromatic carbocycles. The molecule has 1 aliphatic heterocycles. The Kier molecular flexibility index (Phi) is 5.00. The van der Waals surface area contributed by atoms with Crippen molar-refractivity contribution in [2.45, 2.75) is 56.6 Å². The van der Waals surface area contributed by atoms with Gasteiger partial charge in [-0.25, -0.2) is 0 Å². The van der Waals surface area contributed by atoms with Crippen LogP contribution in [0.2, 0.25) is 0 Å². The van der Waals surface area contributed by atoms with Gasteiger partial charge in [0.1, 0.15) is 0 Å². The molecule has 0 amide bonds. The lowest BCUT2D eigenvalue weighted by atomic mass is 9.86. The summed E-state index contributed by atoms with van der Waals surface area (Å²) in [5.41, 5.74) is 1.52. The molecular formula is C17H24INO. The summed E-state index contributed by atoms with van der Waals surface area (Å²) in [7, 11) is 0. The number of piperidine rings is 1. The molecule has 1 aliphatic carbocycles. The summed E-state index contributed by atoms with van der Waals surface area (Å²) in [4.78, 5) is 2.55. The average Bonchev–Trinajstić information content (AvgIpc) is 2.49. The number of benzene rings is 1. The SMILES string of the molecule is O[C@@H]1CCCCC1N1CCC(c2ccccc2[125I])CC1. The van der Waals surface area contributed by atoms with Gasteiger partial charge in [0.25, 0.3) is 0 Å². The van der Waals surface area contributed by atoms with Crippen LogP contribution < -0.4 is 0 Å². The van der Waals surface area contributed by atoms with Crippen molar-refractivity contribution in [2.24, 2.45) is 0 Å². The Morgan fingerprint density at radius 3 is 2.40 bits per heavy atom. The summed E-state index contributed by atoms with van der Waals surface area (Å²) >= 11 is 2.46. The Hall–Kier alpha value is -0.130. The molecule has 0 bridgehead atoms. The fourth-order valence-corrected chi connectivity index (χ4v) is 4.69. The Morgan fingerprint density at radius 2 is 1.70 bits per heavy atom. The maximum Gasteiger partial charge on any atom is 0.0695 e. The normalized spacial score (nSPS) is 29.5. The molecule has 1 heterocycles. The molecule has 1 aromatic rings. The van der Waals surface area contributed by atoms with Crippen LogP contribution in [-0.2, 0) is 0 Å². The maximum atomic E-state index is 10.2. The number of aliphatic hydroxyl groups excluding tert-OH is 1. The van der Waals surface area contributed by atoms with Crippen LogP contribution in [0.1, 0.15) is 50.0 Å². The zero-order valence-corrected chi connectivity index (χ0v) is 14.1. The number of hydrogen-bond acceptors (Lipinski definition) is 2. The highest BCUT2D eigenvalue weighted by molar-refractivity contribution is 14.1. The van der Waals surface area contributed by atoms with Gasteiger partial charge in [-0.2, -0.15) is 0 Å². The summed E-state index contributed by atoms with van der Waals surface area (Å²) in [6.45, 7) is 2.30. The van der Waals surface area contributed by atoms with E-state index in [0.29, 0.717) is 12.0 Å². The summed E-state index contributed by atoms with van der Waals surface area (Å²) in [6.07, 6.45) is 7.08. The molecule has 20 heavy (non-hydrogen) atoms. The predicted molar refractivity (Wildman–Crippen MR) is 91.0 cm³/mol. The molecule has 0 radical (unpaired) electrons. The van der Waals surface area contributed by atoms with Gasteiger partial charge in [0.2, 0.25) is 0 Å². The third kappa shape index (κ3) is 3.20. The second kappa shape index (κ2) is 6.75. The fraction of sp³-hybridized carbons (Fsp3) is 0.647. The van der Waals surface area contributed by atoms with Gasteiger partial charge >= 0.3 is 0 Å². The average molecular weight is 383 g/mol. The minimum absolute atomic E-state index is 0.0860. The molecule has 3 heteroatoms. The van der Waals surface area contributed by atoms with E-state index in [1.54, 1.807) is 0 Å². The second-order valence-corrected chi connectivity index (χ2v) is 7.41. The van der Waals surface area contributed by atoms with Crippen molar-refractivity contribution in [3.8, 4) is 0 Å². The van der Waals surface area contributed by atoms with Crippen LogP contribution in [0.4, 0.5) is 0 Å². The molecule has 1 saturated heterocycles. The van der Waals surface area contributed by atoms with Crippen LogP contribution in [0.25, 0.3) is 0 Å². The lowest BCUT2D eigenvalue weighted by Crippen LogP contribution is -2.48. The van der Waals surface area contributed by atoms with E-state index in [1.165, 1.54) is 41.2 Å². The number of hydrogen-bond donors (Lipinski definition) is 1. The van der Waals surface area contributed by atoms with Crippen LogP contribution in [-0.4, -0.2) is 35.2 Å². The van der Waals surface area contributed by atoms with Crippen molar-refractivity contribution in [2.75, 3.05) is 13.1 Å². The molecular weight excluding hydrogens is 359 g/mol. The van der Waals surface area contributed by atoms with Gasteiger partial charge in [0.05, 0.1) is 6.10 Å². The monoisotopic (exact) mass is 383 g/mol. The molecule has 110 valence electrons. The maximum absolute atomic E-state index is 10.2. The van der Waals surface area contributed by atoms with Gasteiger partial charge in [-0.05, 0) is 78.9 Å². The highest BCUT2D eigenvalue weighted by Gasteiger charge is 2.31. The predicted octanol–water partition coefficient (Wildman–Crippen LogP) is 3.77. The van der Waals surface area contributed by atoms with E-state index in [9.17, 15) is 5.11 Å². The van der Waals surface area contributed by atoms with E-state index in [0.717, 1.165) is 19.5 Å². The number of nitrogens with zero attached hydrogens (tertiary/aromatic N) is 1. The van der Waals surface area contributed by atoms with E-state index in [2.05, 4.69) is 51.8 Å². The smallest absolute Gasteiger partial charge is 0.0695 e. The quantitative estimate of drug-likeness (QED) is 0.786. The fourth-order valence-electron chi connectivity index (χ4n) is 3.87. The molecule has 0 aromatic heterocycles. The van der Waals surface area contributed by atoms with E-state index >= 15 is 0 Å². The number of aliphatic hydroxyl groups is 1. The Bertz CT molecular complexity index is 442. The van der Waals surface area contributed by atoms with Crippen molar-refractivity contribution in [1.29, 1.82) is 0 Å². The first-order chi connectivity index (χ1) is 9.75. The van der Waals surface area contributed by atoms with Gasteiger partial charge in [-0.1, -0.05) is 31.0 Å². The lowest BCUT2D eigenvalue weighted by molar-refractivity contribution is 0.00867. The van der Waals surface area contributed by atoms with Crippen molar-refractivity contribution < 1.29 is 5.11 Å². The summed E-state index contributed by atoms with van der Waals surface area (Å²) in [5.74, 6) is 0.708. The Balaban J connectivity index is 1.61. The molecule has 2 fully saturated rings. The molecule has 3 rings (SSSR count). The molecule has 1 N–H and O–H groups in total. The largest absolute Gasteiger partial charge is 0.391 e. The molecule has 0 spiro atoms. The van der Waals surface area contributed by atoms with Gasteiger partial charge in [-0.15, -0.1) is 0 Å². The van der Waals surface area contributed by atoms with Crippen molar-refractivity contribution in [3.05, 3.63) is 33.4 Å². The topological polar surface area (TPSA) is 23.5 Å². The zero-order valence-electron chi connectivity index (χ0n) is 12.0. The van der Waals surface area contributed by atoms with Crippen molar-refractivity contribution >= 4 is 22.6 Å². The highest BCUT2D eigenvalue weighted by Crippen LogP contribution is 2.33. The van der Waals surface area contributed by atoms with Crippen molar-refractivity contribution in [3.63, 3.8) is 0 Å². The molecule has 1 unspecified atom stereocenters. The van der Waals surface area contributed by atoms with Gasteiger partial charge in [-0.3, -0.25) is 4.90 Å². The van der Waals surface area contributed by atoms with Gasteiger partial charge < -0.3 is 5.11 Å². The third-order valence-corrected chi connectivity index (χ3v) is 6.02. The minimum atomic E-state index is -0.0860. The third-order valence-electron chi connectivity index (χ3n) is 5.04. The number of likely N-dealkylation sites (tertiary alicyclic amines) is 1. The highest BCUT2D eigenvalue weighted by atomic mass is 125. The summed E-state index contributed by atoms with van der Waals surface area (Å²) in [5, 5.41) is 10.2. The van der Waals surface area contributed by atoms with E-state index < -0.39 is 0 Å². The van der Waals surface area contributed by atoms with Gasteiger partial charge in [0, 0.05) is 9.61 Å². The van der Waals surface area contributed by atoms with E-state index in [-0.39, 0.29) is 6.10 Å². The van der Waals surface area contributed by atoms with Crippen LogP contribution in [0, 0.1) is 3.57 Å². The first-order valence-corrected chi connectivity index (χ1v) is 9.00. The molecule has 2 atom stereocenters. The molecule has 1 saturated carbocycles. The number of halogens is 1. The molecule has 2 nitrogen and oxygen atoms in total. The van der Waals surface area contributed by atoms with Crippen LogP contribution in [0.15, 0.2) is 24.3 Å². The second-order valence-electron chi connectivity index (χ2n) is 6.25. The Morgan fingerprint density at radius 1 is 1.00 bits per heavy atom. The summed E-state index contributed by atoms with van der Waals surface area (Å²) < 4.78 is 1.40. The van der Waals surface area contributed by atoms with Crippen LogP contribution >= 0.6 is 22.6 Å². The van der Waals surface area contributed by atoms with E-state index in [4.69, 9.17) is 0 Å². The molecule has 2 aliphatic rings. The lowest BCUT2D eigenvalue weighted by Gasteiger charge is -2.41. The standard InChI is InChI=1S/C17H24INO/c18-15-6-2-1-5-14(15)13-9-11-19(12-10-13)16-7-3-4-8-17(16)20/h1-2,5-6,13,16-17,20H,3-4,7-12H2/t16?,17-/m1/s1/i18-2. The number of rotatable bonds is 2. The first-order valence-electron chi connectivity index (χ1n) is 7.92. The van der Waals surface area contributed by atoms with E-state index in [1.807, 2.05) is 0 Å². The summed E-state index contributed by atoms with van der Waals surface area (Å²) in [6, 6.07) is 9.22. The van der Waals surface area contributed by atoms with Gasteiger partial charge in [0.15, 0.2) is 0 Å².